The molecule has 1 saturated heterocycles. The first kappa shape index (κ1) is 20.3. The average molecular weight is 445 g/mol. The lowest BCUT2D eigenvalue weighted by atomic mass is 10.0. The number of aryl methyl sites for hydroxylation is 2. The van der Waals surface area contributed by atoms with E-state index in [4.69, 9.17) is 8.94 Å². The van der Waals surface area contributed by atoms with Gasteiger partial charge in [-0.05, 0) is 44.9 Å². The van der Waals surface area contributed by atoms with Crippen LogP contribution in [0.25, 0.3) is 17.1 Å². The molecule has 1 amide bonds. The van der Waals surface area contributed by atoms with Crippen LogP contribution in [-0.4, -0.2) is 37.1 Å². The summed E-state index contributed by atoms with van der Waals surface area (Å²) in [4.78, 5) is 19.4. The minimum absolute atomic E-state index is 0.0115. The van der Waals surface area contributed by atoms with Crippen LogP contribution in [0.1, 0.15) is 52.0 Å². The molecule has 0 N–H and O–H groups in total. The maximum Gasteiger partial charge on any atom is 0.433 e. The molecule has 0 saturated carbocycles. The Morgan fingerprint density at radius 2 is 2.09 bits per heavy atom. The van der Waals surface area contributed by atoms with Gasteiger partial charge < -0.3 is 13.8 Å². The third-order valence-corrected chi connectivity index (χ3v) is 5.70. The molecule has 0 unspecified atom stereocenters. The normalized spacial score (nSPS) is 16.9. The molecule has 4 aromatic rings. The van der Waals surface area contributed by atoms with E-state index in [-0.39, 0.29) is 28.7 Å². The molecule has 0 spiro atoms. The fraction of sp³-hybridized carbons (Fsp3) is 0.333. The van der Waals surface area contributed by atoms with E-state index >= 15 is 0 Å². The van der Waals surface area contributed by atoms with Crippen LogP contribution in [0.5, 0.6) is 0 Å². The van der Waals surface area contributed by atoms with Crippen molar-refractivity contribution in [1.82, 2.24) is 24.7 Å². The zero-order valence-electron chi connectivity index (χ0n) is 17.2. The zero-order chi connectivity index (χ0) is 22.6. The lowest BCUT2D eigenvalue weighted by Crippen LogP contribution is -2.31. The van der Waals surface area contributed by atoms with E-state index in [0.717, 1.165) is 24.2 Å². The maximum absolute atomic E-state index is 13.8. The number of aromatic nitrogens is 4. The van der Waals surface area contributed by atoms with Crippen molar-refractivity contribution in [1.29, 1.82) is 0 Å². The van der Waals surface area contributed by atoms with Gasteiger partial charge in [-0.25, -0.2) is 9.50 Å². The molecule has 32 heavy (non-hydrogen) atoms. The van der Waals surface area contributed by atoms with Crippen LogP contribution >= 0.6 is 0 Å². The molecule has 1 aliphatic heterocycles. The van der Waals surface area contributed by atoms with E-state index in [1.807, 2.05) is 0 Å². The second kappa shape index (κ2) is 7.21. The van der Waals surface area contributed by atoms with Gasteiger partial charge in [0.2, 0.25) is 0 Å². The minimum Gasteiger partial charge on any atom is -0.463 e. The second-order valence-corrected chi connectivity index (χ2v) is 7.69. The van der Waals surface area contributed by atoms with Crippen LogP contribution in [0.2, 0.25) is 0 Å². The highest BCUT2D eigenvalue weighted by Crippen LogP contribution is 2.38. The summed E-state index contributed by atoms with van der Waals surface area (Å²) in [6.07, 6.45) is -0.781. The van der Waals surface area contributed by atoms with Gasteiger partial charge in [-0.1, -0.05) is 5.16 Å². The molecule has 0 aliphatic carbocycles. The van der Waals surface area contributed by atoms with Gasteiger partial charge in [0.25, 0.3) is 5.91 Å². The first-order chi connectivity index (χ1) is 15.3. The molecule has 1 aliphatic rings. The first-order valence-corrected chi connectivity index (χ1v) is 9.99. The van der Waals surface area contributed by atoms with Crippen molar-refractivity contribution in [3.63, 3.8) is 0 Å². The number of furan rings is 1. The number of amides is 1. The second-order valence-electron chi connectivity index (χ2n) is 7.69. The number of carbonyl (C=O) groups excluding carboxylic acids is 1. The Morgan fingerprint density at radius 1 is 1.28 bits per heavy atom. The van der Waals surface area contributed by atoms with Crippen LogP contribution in [-0.2, 0) is 6.18 Å². The van der Waals surface area contributed by atoms with Gasteiger partial charge in [-0.2, -0.15) is 18.3 Å². The molecule has 5 rings (SSSR count). The molecule has 0 radical (unpaired) electrons. The SMILES string of the molecule is Cc1noc(C)c1[C@H]1CCCN1C(=O)c1cnn2c(C(F)(F)F)cc(-c3ccco3)nc12. The van der Waals surface area contributed by atoms with Crippen LogP contribution in [0.15, 0.2) is 39.6 Å². The predicted molar refractivity (Wildman–Crippen MR) is 105 cm³/mol. The lowest BCUT2D eigenvalue weighted by Gasteiger charge is -2.24. The van der Waals surface area contributed by atoms with E-state index in [0.29, 0.717) is 28.9 Å². The Bertz CT molecular complexity index is 1290. The highest BCUT2D eigenvalue weighted by atomic mass is 19.4. The summed E-state index contributed by atoms with van der Waals surface area (Å²) in [7, 11) is 0. The molecule has 1 atom stereocenters. The third kappa shape index (κ3) is 3.15. The summed E-state index contributed by atoms with van der Waals surface area (Å²) in [6.45, 7) is 4.03. The number of carbonyl (C=O) groups is 1. The molecule has 166 valence electrons. The molecule has 0 aromatic carbocycles. The monoisotopic (exact) mass is 445 g/mol. The highest BCUT2D eigenvalue weighted by molar-refractivity contribution is 6.00. The molecule has 11 heteroatoms. The predicted octanol–water partition coefficient (Wildman–Crippen LogP) is 4.59. The van der Waals surface area contributed by atoms with Crippen molar-refractivity contribution in [2.24, 2.45) is 0 Å². The van der Waals surface area contributed by atoms with E-state index in [9.17, 15) is 18.0 Å². The molecule has 8 nitrogen and oxygen atoms in total. The van der Waals surface area contributed by atoms with Crippen LogP contribution in [0.4, 0.5) is 13.2 Å². The van der Waals surface area contributed by atoms with E-state index in [1.165, 1.54) is 12.3 Å². The number of likely N-dealkylation sites (tertiary alicyclic amines) is 1. The summed E-state index contributed by atoms with van der Waals surface area (Å²) in [5.74, 6) is 0.330. The summed E-state index contributed by atoms with van der Waals surface area (Å²) in [6, 6.07) is 3.63. The fourth-order valence-corrected chi connectivity index (χ4v) is 4.30. The van der Waals surface area contributed by atoms with Gasteiger partial charge in [0.05, 0.1) is 24.2 Å². The van der Waals surface area contributed by atoms with Gasteiger partial charge >= 0.3 is 6.18 Å². The smallest absolute Gasteiger partial charge is 0.433 e. The van der Waals surface area contributed by atoms with E-state index < -0.39 is 17.8 Å². The van der Waals surface area contributed by atoms with Crippen molar-refractivity contribution in [3.05, 3.63) is 58.9 Å². The quantitative estimate of drug-likeness (QED) is 0.458. The maximum atomic E-state index is 13.8. The van der Waals surface area contributed by atoms with Crippen LogP contribution in [0.3, 0.4) is 0 Å². The number of halogens is 3. The van der Waals surface area contributed by atoms with Crippen molar-refractivity contribution in [3.8, 4) is 11.5 Å². The zero-order valence-corrected chi connectivity index (χ0v) is 17.2. The largest absolute Gasteiger partial charge is 0.463 e. The van der Waals surface area contributed by atoms with Gasteiger partial charge in [0.15, 0.2) is 17.1 Å². The topological polar surface area (TPSA) is 89.7 Å². The van der Waals surface area contributed by atoms with Gasteiger partial charge in [-0.15, -0.1) is 0 Å². The number of fused-ring (bicyclic) bond motifs is 1. The van der Waals surface area contributed by atoms with Crippen LogP contribution < -0.4 is 0 Å². The molecule has 1 fully saturated rings. The third-order valence-electron chi connectivity index (χ3n) is 5.70. The first-order valence-electron chi connectivity index (χ1n) is 9.99. The molecule has 4 aromatic heterocycles. The van der Waals surface area contributed by atoms with E-state index in [1.54, 1.807) is 24.8 Å². The Hall–Kier alpha value is -3.63. The number of nitrogens with zero attached hydrogens (tertiary/aromatic N) is 5. The van der Waals surface area contributed by atoms with Crippen LogP contribution in [0, 0.1) is 13.8 Å². The average Bonchev–Trinajstić information content (AvgIpc) is 3.53. The van der Waals surface area contributed by atoms with Gasteiger partial charge in [-0.3, -0.25) is 4.79 Å². The lowest BCUT2D eigenvalue weighted by molar-refractivity contribution is -0.142. The fourth-order valence-electron chi connectivity index (χ4n) is 4.30. The summed E-state index contributed by atoms with van der Waals surface area (Å²) < 4.78 is 52.4. The van der Waals surface area contributed by atoms with Crippen molar-refractivity contribution in [2.45, 2.75) is 38.9 Å². The van der Waals surface area contributed by atoms with Crippen molar-refractivity contribution >= 4 is 11.6 Å². The molecule has 0 bridgehead atoms. The Morgan fingerprint density at radius 3 is 2.75 bits per heavy atom. The van der Waals surface area contributed by atoms with Gasteiger partial charge in [0, 0.05) is 12.1 Å². The summed E-state index contributed by atoms with van der Waals surface area (Å²) in [5.41, 5.74) is 0.241. The standard InChI is InChI=1S/C21H18F3N5O3/c1-11-18(12(2)32-27-11)15-5-3-7-28(15)20(30)13-10-25-29-17(21(22,23)24)9-14(26-19(13)29)16-6-4-8-31-16/h4,6,8-10,15H,3,5,7H2,1-2H3/t15-/m1/s1. The Kier molecular flexibility index (Phi) is 4.57. The minimum atomic E-state index is -4.71. The molecular formula is C21H18F3N5O3. The highest BCUT2D eigenvalue weighted by Gasteiger charge is 2.38. The van der Waals surface area contributed by atoms with Gasteiger partial charge in [0.1, 0.15) is 17.0 Å². The Balaban J connectivity index is 1.63. The van der Waals surface area contributed by atoms with Crippen molar-refractivity contribution < 1.29 is 26.9 Å². The number of rotatable bonds is 3. The van der Waals surface area contributed by atoms with Crippen molar-refractivity contribution in [2.75, 3.05) is 6.54 Å². The summed E-state index contributed by atoms with van der Waals surface area (Å²) >= 11 is 0. The van der Waals surface area contributed by atoms with E-state index in [2.05, 4.69) is 15.2 Å². The number of hydrogen-bond donors (Lipinski definition) is 0. The Labute approximate surface area is 179 Å². The molecule has 5 heterocycles. The summed E-state index contributed by atoms with van der Waals surface area (Å²) in [5, 5.41) is 7.82. The number of hydrogen-bond acceptors (Lipinski definition) is 6. The number of alkyl halides is 3. The molecular weight excluding hydrogens is 427 g/mol.